The highest BCUT2D eigenvalue weighted by atomic mass is 35.5. The van der Waals surface area contributed by atoms with Gasteiger partial charge in [-0.2, -0.15) is 10.4 Å². The Balaban J connectivity index is 2.66. The van der Waals surface area contributed by atoms with Crippen LogP contribution in [0.1, 0.15) is 11.3 Å². The van der Waals surface area contributed by atoms with Crippen LogP contribution < -0.4 is 4.74 Å². The lowest BCUT2D eigenvalue weighted by Gasteiger charge is -2.08. The van der Waals surface area contributed by atoms with Crippen molar-refractivity contribution in [1.82, 2.24) is 9.78 Å². The molecule has 0 bridgehead atoms. The van der Waals surface area contributed by atoms with Crippen LogP contribution in [-0.4, -0.2) is 16.9 Å². The number of aryl methyl sites for hydroxylation is 1. The smallest absolute Gasteiger partial charge is 0.151 e. The lowest BCUT2D eigenvalue weighted by Crippen LogP contribution is -1.99. The second-order valence-electron chi connectivity index (χ2n) is 3.45. The number of ether oxygens (including phenoxy) is 1. The molecule has 0 aliphatic carbocycles. The summed E-state index contributed by atoms with van der Waals surface area (Å²) >= 11 is 6.12. The maximum Gasteiger partial charge on any atom is 0.151 e. The Morgan fingerprint density at radius 3 is 2.71 bits per heavy atom. The second-order valence-corrected chi connectivity index (χ2v) is 3.80. The largest absolute Gasteiger partial charge is 0.494 e. The molecule has 17 heavy (non-hydrogen) atoms. The van der Waals surface area contributed by atoms with Gasteiger partial charge in [-0.25, -0.2) is 4.68 Å². The third-order valence-electron chi connectivity index (χ3n) is 2.43. The molecule has 0 saturated heterocycles. The van der Waals surface area contributed by atoms with E-state index in [1.165, 1.54) is 4.68 Å². The molecule has 0 atom stereocenters. The van der Waals surface area contributed by atoms with E-state index in [-0.39, 0.29) is 0 Å². The molecule has 1 heterocycles. The standard InChI is InChI=1S/C12H10ClN3O/c1-8-9(7-14)12(13)16(15-8)10-5-3-4-6-11(10)17-2/h3-6H,1-2H3. The Morgan fingerprint density at radius 2 is 2.12 bits per heavy atom. The van der Waals surface area contributed by atoms with E-state index in [0.717, 1.165) is 0 Å². The van der Waals surface area contributed by atoms with Gasteiger partial charge < -0.3 is 4.74 Å². The van der Waals surface area contributed by atoms with Gasteiger partial charge in [-0.3, -0.25) is 0 Å². The summed E-state index contributed by atoms with van der Waals surface area (Å²) in [6, 6.07) is 9.40. The molecule has 0 unspecified atom stereocenters. The van der Waals surface area contributed by atoms with E-state index in [1.54, 1.807) is 14.0 Å². The van der Waals surface area contributed by atoms with Crippen molar-refractivity contribution < 1.29 is 4.74 Å². The minimum Gasteiger partial charge on any atom is -0.494 e. The van der Waals surface area contributed by atoms with Gasteiger partial charge in [0.25, 0.3) is 0 Å². The van der Waals surface area contributed by atoms with Crippen molar-refractivity contribution in [1.29, 1.82) is 5.26 Å². The first-order valence-corrected chi connectivity index (χ1v) is 5.35. The maximum absolute atomic E-state index is 8.97. The zero-order valence-electron chi connectivity index (χ0n) is 9.44. The summed E-state index contributed by atoms with van der Waals surface area (Å²) in [4.78, 5) is 0. The molecule has 0 aliphatic rings. The van der Waals surface area contributed by atoms with Crippen molar-refractivity contribution in [2.45, 2.75) is 6.92 Å². The molecule has 4 nitrogen and oxygen atoms in total. The topological polar surface area (TPSA) is 50.8 Å². The minimum absolute atomic E-state index is 0.300. The van der Waals surface area contributed by atoms with E-state index in [4.69, 9.17) is 21.6 Å². The summed E-state index contributed by atoms with van der Waals surface area (Å²) in [6.07, 6.45) is 0. The zero-order valence-corrected chi connectivity index (χ0v) is 10.2. The van der Waals surface area contributed by atoms with E-state index in [2.05, 4.69) is 5.10 Å². The second kappa shape index (κ2) is 4.48. The minimum atomic E-state index is 0.300. The number of methoxy groups -OCH3 is 1. The summed E-state index contributed by atoms with van der Waals surface area (Å²) in [5.74, 6) is 0.654. The highest BCUT2D eigenvalue weighted by molar-refractivity contribution is 6.31. The molecule has 0 N–H and O–H groups in total. The lowest BCUT2D eigenvalue weighted by molar-refractivity contribution is 0.411. The van der Waals surface area contributed by atoms with Gasteiger partial charge in [0.05, 0.1) is 12.8 Å². The van der Waals surface area contributed by atoms with Crippen LogP contribution in [0.4, 0.5) is 0 Å². The summed E-state index contributed by atoms with van der Waals surface area (Å²) in [6.45, 7) is 1.75. The van der Waals surface area contributed by atoms with E-state index in [1.807, 2.05) is 30.3 Å². The predicted molar refractivity (Wildman–Crippen MR) is 64.6 cm³/mol. The number of hydrogen-bond acceptors (Lipinski definition) is 3. The number of nitriles is 1. The zero-order chi connectivity index (χ0) is 12.4. The van der Waals surface area contributed by atoms with E-state index in [9.17, 15) is 0 Å². The van der Waals surface area contributed by atoms with Crippen LogP contribution in [0.5, 0.6) is 5.75 Å². The highest BCUT2D eigenvalue weighted by Crippen LogP contribution is 2.28. The monoisotopic (exact) mass is 247 g/mol. The molecule has 1 aromatic heterocycles. The average Bonchev–Trinajstić information content (AvgIpc) is 2.64. The van der Waals surface area contributed by atoms with Crippen molar-refractivity contribution >= 4 is 11.6 Å². The Morgan fingerprint density at radius 1 is 1.41 bits per heavy atom. The molecule has 1 aromatic carbocycles. The molecular weight excluding hydrogens is 238 g/mol. The fourth-order valence-electron chi connectivity index (χ4n) is 1.59. The number of hydrogen-bond donors (Lipinski definition) is 0. The Bertz CT molecular complexity index is 598. The van der Waals surface area contributed by atoms with Crippen molar-refractivity contribution in [3.8, 4) is 17.5 Å². The van der Waals surface area contributed by atoms with Gasteiger partial charge in [0.2, 0.25) is 0 Å². The lowest BCUT2D eigenvalue weighted by atomic mass is 10.3. The molecular formula is C12H10ClN3O. The van der Waals surface area contributed by atoms with Crippen molar-refractivity contribution in [2.24, 2.45) is 0 Å². The Hall–Kier alpha value is -1.99. The summed E-state index contributed by atoms with van der Waals surface area (Å²) in [5, 5.41) is 13.5. The van der Waals surface area contributed by atoms with Crippen LogP contribution in [0.25, 0.3) is 5.69 Å². The van der Waals surface area contributed by atoms with Gasteiger partial charge in [0.1, 0.15) is 23.1 Å². The van der Waals surface area contributed by atoms with Gasteiger partial charge in [0, 0.05) is 0 Å². The number of para-hydroxylation sites is 2. The van der Waals surface area contributed by atoms with E-state index >= 15 is 0 Å². The first-order chi connectivity index (χ1) is 8.19. The molecule has 2 aromatic rings. The number of aromatic nitrogens is 2. The third-order valence-corrected chi connectivity index (χ3v) is 2.78. The molecule has 0 aliphatic heterocycles. The van der Waals surface area contributed by atoms with Crippen molar-refractivity contribution in [2.75, 3.05) is 7.11 Å². The number of rotatable bonds is 2. The molecule has 86 valence electrons. The summed E-state index contributed by atoms with van der Waals surface area (Å²) in [7, 11) is 1.58. The quantitative estimate of drug-likeness (QED) is 0.820. The summed E-state index contributed by atoms with van der Waals surface area (Å²) < 4.78 is 6.74. The first-order valence-electron chi connectivity index (χ1n) is 4.97. The maximum atomic E-state index is 8.97. The molecule has 0 fully saturated rings. The molecule has 5 heteroatoms. The third kappa shape index (κ3) is 1.85. The fraction of sp³-hybridized carbons (Fsp3) is 0.167. The molecule has 0 spiro atoms. The molecule has 0 radical (unpaired) electrons. The molecule has 2 rings (SSSR count). The van der Waals surface area contributed by atoms with Crippen LogP contribution in [0.15, 0.2) is 24.3 Å². The van der Waals surface area contributed by atoms with Gasteiger partial charge in [-0.15, -0.1) is 0 Å². The molecule has 0 saturated carbocycles. The van der Waals surface area contributed by atoms with Crippen molar-refractivity contribution in [3.05, 3.63) is 40.7 Å². The molecule has 0 amide bonds. The highest BCUT2D eigenvalue weighted by Gasteiger charge is 2.16. The van der Waals surface area contributed by atoms with Gasteiger partial charge in [-0.1, -0.05) is 23.7 Å². The van der Waals surface area contributed by atoms with Crippen LogP contribution in [0.2, 0.25) is 5.15 Å². The van der Waals surface area contributed by atoms with Crippen LogP contribution in [-0.2, 0) is 0 Å². The predicted octanol–water partition coefficient (Wildman–Crippen LogP) is 2.71. The fourth-order valence-corrected chi connectivity index (χ4v) is 1.90. The number of benzene rings is 1. The van der Waals surface area contributed by atoms with E-state index in [0.29, 0.717) is 27.8 Å². The first kappa shape index (κ1) is 11.5. The van der Waals surface area contributed by atoms with Gasteiger partial charge in [0.15, 0.2) is 5.15 Å². The van der Waals surface area contributed by atoms with Crippen LogP contribution >= 0.6 is 11.6 Å². The van der Waals surface area contributed by atoms with Gasteiger partial charge >= 0.3 is 0 Å². The summed E-state index contributed by atoms with van der Waals surface area (Å²) in [5.41, 5.74) is 1.70. The number of halogens is 1. The van der Waals surface area contributed by atoms with E-state index < -0.39 is 0 Å². The van der Waals surface area contributed by atoms with Crippen LogP contribution in [0.3, 0.4) is 0 Å². The number of nitrogens with zero attached hydrogens (tertiary/aromatic N) is 3. The van der Waals surface area contributed by atoms with Crippen LogP contribution in [0, 0.1) is 18.3 Å². The average molecular weight is 248 g/mol. The Labute approximate surface area is 104 Å². The SMILES string of the molecule is COc1ccccc1-n1nc(C)c(C#N)c1Cl. The normalized spacial score (nSPS) is 10.0. The van der Waals surface area contributed by atoms with Gasteiger partial charge in [-0.05, 0) is 19.1 Å². The van der Waals surface area contributed by atoms with Crippen molar-refractivity contribution in [3.63, 3.8) is 0 Å². The Kier molecular flexibility index (Phi) is 3.03.